The molecule has 1 saturated heterocycles. The number of allylic oxidation sites excluding steroid dienone is 5. The number of carbonyl (C=O) groups is 1. The summed E-state index contributed by atoms with van der Waals surface area (Å²) in [7, 11) is 0. The van der Waals surface area contributed by atoms with Crippen molar-refractivity contribution in [2.75, 3.05) is 13.2 Å². The molecule has 0 spiro atoms. The van der Waals surface area contributed by atoms with E-state index in [9.17, 15) is 30.3 Å². The van der Waals surface area contributed by atoms with E-state index < -0.39 is 49.5 Å². The molecule has 1 aliphatic heterocycles. The van der Waals surface area contributed by atoms with E-state index in [4.69, 9.17) is 9.47 Å². The summed E-state index contributed by atoms with van der Waals surface area (Å²) >= 11 is 0. The van der Waals surface area contributed by atoms with Crippen LogP contribution in [0.25, 0.3) is 0 Å². The quantitative estimate of drug-likeness (QED) is 0.0261. The van der Waals surface area contributed by atoms with E-state index >= 15 is 0 Å². The molecule has 1 heterocycles. The summed E-state index contributed by atoms with van der Waals surface area (Å²) < 4.78 is 11.3. The van der Waals surface area contributed by atoms with Crippen molar-refractivity contribution in [1.82, 2.24) is 5.32 Å². The third kappa shape index (κ3) is 53.9. The van der Waals surface area contributed by atoms with E-state index in [-0.39, 0.29) is 12.5 Å². The van der Waals surface area contributed by atoms with Gasteiger partial charge in [0.05, 0.1) is 25.4 Å². The molecule has 1 rings (SSSR count). The lowest BCUT2D eigenvalue weighted by Gasteiger charge is -2.40. The topological polar surface area (TPSA) is 149 Å². The highest BCUT2D eigenvalue weighted by atomic mass is 16.7. The summed E-state index contributed by atoms with van der Waals surface area (Å²) in [5, 5.41) is 54.7. The van der Waals surface area contributed by atoms with E-state index in [1.54, 1.807) is 6.08 Å². The van der Waals surface area contributed by atoms with Crippen molar-refractivity contribution in [2.24, 2.45) is 0 Å². The number of hydrogen-bond acceptors (Lipinski definition) is 8. The zero-order valence-corrected chi connectivity index (χ0v) is 56.4. The number of aliphatic hydroxyl groups excluding tert-OH is 5. The van der Waals surface area contributed by atoms with Gasteiger partial charge in [-0.1, -0.05) is 359 Å². The molecule has 0 saturated carbocycles. The van der Waals surface area contributed by atoms with Crippen molar-refractivity contribution in [3.63, 3.8) is 0 Å². The molecule has 7 unspecified atom stereocenters. The first-order valence-electron chi connectivity index (χ1n) is 37.7. The summed E-state index contributed by atoms with van der Waals surface area (Å²) in [6, 6.07) is -0.821. The highest BCUT2D eigenvalue weighted by Gasteiger charge is 2.44. The Morgan fingerprint density at radius 3 is 0.988 bits per heavy atom. The van der Waals surface area contributed by atoms with Crippen LogP contribution in [0.5, 0.6) is 0 Å². The van der Waals surface area contributed by atoms with E-state index in [1.165, 1.54) is 327 Å². The third-order valence-corrected chi connectivity index (χ3v) is 18.2. The van der Waals surface area contributed by atoms with Gasteiger partial charge in [0.1, 0.15) is 24.4 Å². The van der Waals surface area contributed by atoms with Crippen LogP contribution in [0.2, 0.25) is 0 Å². The van der Waals surface area contributed by atoms with Crippen molar-refractivity contribution in [2.45, 2.75) is 429 Å². The summed E-state index contributed by atoms with van der Waals surface area (Å²) in [4.78, 5) is 13.1. The largest absolute Gasteiger partial charge is 0.394 e. The number of aliphatic hydroxyl groups is 5. The van der Waals surface area contributed by atoms with Gasteiger partial charge in [0.15, 0.2) is 6.29 Å². The van der Waals surface area contributed by atoms with Crippen LogP contribution in [0.3, 0.4) is 0 Å². The van der Waals surface area contributed by atoms with E-state index in [1.807, 2.05) is 6.08 Å². The van der Waals surface area contributed by atoms with Crippen LogP contribution in [0.4, 0.5) is 0 Å². The number of nitrogens with one attached hydrogen (secondary N) is 1. The van der Waals surface area contributed by atoms with Crippen molar-refractivity contribution in [1.29, 1.82) is 0 Å². The van der Waals surface area contributed by atoms with Crippen molar-refractivity contribution in [3.05, 3.63) is 36.5 Å². The summed E-state index contributed by atoms with van der Waals surface area (Å²) in [6.07, 6.45) is 81.5. The SMILES string of the molecule is CCCCCCCCCC/C=C\CCCCCCCCCCCCCCCCCCCCCCCCCCCCCCCC(=O)NC(COC1OC(CO)C(O)C(O)C1O)C(O)/C=C/CC/C=C/CCCCCCCCCCCCCCCCC. The average molecular weight is 1200 g/mol. The maximum Gasteiger partial charge on any atom is 0.220 e. The fraction of sp³-hybridized carbons (Fsp3) is 0.908. The third-order valence-electron chi connectivity index (χ3n) is 18.2. The molecule has 502 valence electrons. The molecule has 0 aromatic rings. The first-order valence-corrected chi connectivity index (χ1v) is 37.7. The molecule has 1 amide bonds. The lowest BCUT2D eigenvalue weighted by molar-refractivity contribution is -0.302. The lowest BCUT2D eigenvalue weighted by atomic mass is 9.99. The van der Waals surface area contributed by atoms with Crippen LogP contribution in [-0.4, -0.2) is 87.5 Å². The summed E-state index contributed by atoms with van der Waals surface area (Å²) in [5.74, 6) is -0.178. The van der Waals surface area contributed by atoms with Crippen LogP contribution < -0.4 is 5.32 Å². The minimum absolute atomic E-state index is 0.178. The smallest absolute Gasteiger partial charge is 0.220 e. The van der Waals surface area contributed by atoms with Crippen molar-refractivity contribution in [3.8, 4) is 0 Å². The minimum atomic E-state index is -1.57. The Morgan fingerprint density at radius 1 is 0.388 bits per heavy atom. The van der Waals surface area contributed by atoms with Crippen molar-refractivity contribution < 1.29 is 39.8 Å². The fourth-order valence-electron chi connectivity index (χ4n) is 12.3. The van der Waals surface area contributed by atoms with Crippen LogP contribution >= 0.6 is 0 Å². The zero-order valence-electron chi connectivity index (χ0n) is 56.4. The highest BCUT2D eigenvalue weighted by Crippen LogP contribution is 2.24. The zero-order chi connectivity index (χ0) is 61.4. The number of hydrogen-bond donors (Lipinski definition) is 6. The Morgan fingerprint density at radius 2 is 0.671 bits per heavy atom. The van der Waals surface area contributed by atoms with Gasteiger partial charge in [0.2, 0.25) is 5.91 Å². The van der Waals surface area contributed by atoms with Crippen LogP contribution in [0, 0.1) is 0 Å². The molecule has 0 aromatic heterocycles. The van der Waals surface area contributed by atoms with Gasteiger partial charge < -0.3 is 40.3 Å². The van der Waals surface area contributed by atoms with Gasteiger partial charge >= 0.3 is 0 Å². The Bertz CT molecular complexity index is 1440. The number of unbranched alkanes of at least 4 members (excludes halogenated alkanes) is 53. The molecule has 7 atom stereocenters. The second kappa shape index (κ2) is 65.4. The maximum absolute atomic E-state index is 13.1. The number of rotatable bonds is 67. The lowest BCUT2D eigenvalue weighted by Crippen LogP contribution is -2.60. The number of carbonyl (C=O) groups excluding carboxylic acids is 1. The van der Waals surface area contributed by atoms with Gasteiger partial charge in [0, 0.05) is 6.42 Å². The Kier molecular flexibility index (Phi) is 62.6. The molecule has 1 fully saturated rings. The molecule has 0 bridgehead atoms. The van der Waals surface area contributed by atoms with Crippen LogP contribution in [-0.2, 0) is 14.3 Å². The molecule has 0 radical (unpaired) electrons. The average Bonchev–Trinajstić information content (AvgIpc) is 3.68. The van der Waals surface area contributed by atoms with Crippen LogP contribution in [0.15, 0.2) is 36.5 Å². The number of amides is 1. The molecule has 9 heteroatoms. The van der Waals surface area contributed by atoms with Gasteiger partial charge in [-0.05, 0) is 57.8 Å². The minimum Gasteiger partial charge on any atom is -0.394 e. The van der Waals surface area contributed by atoms with Crippen molar-refractivity contribution >= 4 is 5.91 Å². The monoisotopic (exact) mass is 1200 g/mol. The number of ether oxygens (including phenoxy) is 2. The van der Waals surface area contributed by atoms with Gasteiger partial charge in [-0.3, -0.25) is 4.79 Å². The standard InChI is InChI=1S/C76H145NO8/c1-3-5-7-9-11-13-15-17-19-21-23-25-26-27-28-29-30-31-32-33-34-35-36-37-38-39-40-41-42-43-44-46-48-50-52-54-56-58-60-62-64-66-72(80)77-69(68-84-76-75(83)74(82)73(81)71(67-78)85-76)70(79)65-63-61-59-57-55-53-51-49-47-45-24-22-20-18-16-14-12-10-8-6-4-2/h21,23,55,57,63,65,69-71,73-76,78-79,81-83H,3-20,22,24-54,56,58-62,64,66-68H2,1-2H3,(H,77,80)/b23-21-,57-55+,65-63+. The normalized spacial score (nSPS) is 18.2. The van der Waals surface area contributed by atoms with Gasteiger partial charge in [-0.15, -0.1) is 0 Å². The second-order valence-corrected chi connectivity index (χ2v) is 26.4. The molecule has 0 aliphatic carbocycles. The van der Waals surface area contributed by atoms with Gasteiger partial charge in [-0.2, -0.15) is 0 Å². The van der Waals surface area contributed by atoms with Crippen LogP contribution in [0.1, 0.15) is 386 Å². The maximum atomic E-state index is 13.1. The first kappa shape index (κ1) is 81.4. The Balaban J connectivity index is 2.04. The molecular formula is C76H145NO8. The molecule has 9 nitrogen and oxygen atoms in total. The van der Waals surface area contributed by atoms with E-state index in [2.05, 4.69) is 43.5 Å². The Labute approximate surface area is 527 Å². The predicted molar refractivity (Wildman–Crippen MR) is 364 cm³/mol. The fourth-order valence-corrected chi connectivity index (χ4v) is 12.3. The van der Waals surface area contributed by atoms with Gasteiger partial charge in [0.25, 0.3) is 0 Å². The second-order valence-electron chi connectivity index (χ2n) is 26.4. The molecule has 0 aromatic carbocycles. The molecular weight excluding hydrogens is 1050 g/mol. The first-order chi connectivity index (χ1) is 41.8. The van der Waals surface area contributed by atoms with Gasteiger partial charge in [-0.25, -0.2) is 0 Å². The predicted octanol–water partition coefficient (Wildman–Crippen LogP) is 21.0. The summed E-state index contributed by atoms with van der Waals surface area (Å²) in [5.41, 5.74) is 0. The Hall–Kier alpha value is -1.59. The van der Waals surface area contributed by atoms with E-state index in [0.29, 0.717) is 6.42 Å². The molecule has 85 heavy (non-hydrogen) atoms. The van der Waals surface area contributed by atoms with E-state index in [0.717, 1.165) is 38.5 Å². The summed E-state index contributed by atoms with van der Waals surface area (Å²) in [6.45, 7) is 3.82. The highest BCUT2D eigenvalue weighted by molar-refractivity contribution is 5.76. The molecule has 6 N–H and O–H groups in total. The molecule has 1 aliphatic rings.